The Labute approximate surface area is 164 Å². The van der Waals surface area contributed by atoms with Gasteiger partial charge in [-0.25, -0.2) is 0 Å². The van der Waals surface area contributed by atoms with Gasteiger partial charge in [-0.15, -0.1) is 0 Å². The number of carbonyl (C=O) groups is 1. The minimum atomic E-state index is -0.121. The smallest absolute Gasteiger partial charge is 0.287 e. The van der Waals surface area contributed by atoms with Crippen molar-refractivity contribution in [1.29, 1.82) is 0 Å². The molecule has 0 aliphatic carbocycles. The monoisotopic (exact) mass is 376 g/mol. The molecule has 3 aliphatic heterocycles. The summed E-state index contributed by atoms with van der Waals surface area (Å²) >= 11 is 0. The lowest BCUT2D eigenvalue weighted by Crippen LogP contribution is -2.57. The number of rotatable bonds is 4. The van der Waals surface area contributed by atoms with Crippen molar-refractivity contribution in [3.63, 3.8) is 0 Å². The maximum Gasteiger partial charge on any atom is 0.287 e. The van der Waals surface area contributed by atoms with Crippen LogP contribution in [-0.2, 0) is 6.61 Å². The van der Waals surface area contributed by atoms with Crippen LogP contribution in [0.5, 0.6) is 0 Å². The molecule has 144 valence electrons. The van der Waals surface area contributed by atoms with Crippen LogP contribution in [0, 0.1) is 5.92 Å². The minimum Gasteiger partial charge on any atom is -0.451 e. The molecule has 0 radical (unpaired) electrons. The Morgan fingerprint density at radius 2 is 1.82 bits per heavy atom. The number of nitrogens with zero attached hydrogens (tertiary/aromatic N) is 1. The predicted molar refractivity (Wildman–Crippen MR) is 108 cm³/mol. The molecule has 3 aromatic rings. The highest BCUT2D eigenvalue weighted by atomic mass is 16.3. The van der Waals surface area contributed by atoms with E-state index in [9.17, 15) is 9.90 Å². The number of nitrogens with one attached hydrogen (secondary N) is 1. The Balaban J connectivity index is 1.36. The number of hydrogen-bond donors (Lipinski definition) is 2. The molecule has 6 rings (SSSR count). The Hall–Kier alpha value is -2.63. The van der Waals surface area contributed by atoms with E-state index in [2.05, 4.69) is 10.2 Å². The quantitative estimate of drug-likeness (QED) is 0.732. The number of hydrogen-bond acceptors (Lipinski definition) is 4. The minimum absolute atomic E-state index is 0.0408. The zero-order valence-electron chi connectivity index (χ0n) is 15.7. The van der Waals surface area contributed by atoms with Gasteiger partial charge in [0.15, 0.2) is 5.76 Å². The Morgan fingerprint density at radius 1 is 1.07 bits per heavy atom. The fourth-order valence-corrected chi connectivity index (χ4v) is 4.51. The van der Waals surface area contributed by atoms with Crippen molar-refractivity contribution in [2.75, 3.05) is 19.6 Å². The van der Waals surface area contributed by atoms with E-state index in [1.165, 1.54) is 12.8 Å². The van der Waals surface area contributed by atoms with Gasteiger partial charge in [-0.05, 0) is 66.7 Å². The van der Waals surface area contributed by atoms with E-state index < -0.39 is 0 Å². The number of aliphatic hydroxyl groups is 1. The molecule has 3 saturated heterocycles. The molecule has 2 N–H and O–H groups in total. The normalized spacial score (nSPS) is 23.8. The number of aliphatic hydroxyl groups excluding tert-OH is 1. The Bertz CT molecular complexity index is 1000. The van der Waals surface area contributed by atoms with Crippen LogP contribution < -0.4 is 5.32 Å². The third-order valence-corrected chi connectivity index (χ3v) is 6.18. The fourth-order valence-electron chi connectivity index (χ4n) is 4.51. The highest BCUT2D eigenvalue weighted by Crippen LogP contribution is 2.29. The summed E-state index contributed by atoms with van der Waals surface area (Å²) in [5.74, 6) is 0.842. The van der Waals surface area contributed by atoms with E-state index >= 15 is 0 Å². The van der Waals surface area contributed by atoms with Crippen LogP contribution in [0.25, 0.3) is 22.1 Å². The van der Waals surface area contributed by atoms with Crippen molar-refractivity contribution < 1.29 is 14.3 Å². The van der Waals surface area contributed by atoms with Gasteiger partial charge in [0.05, 0.1) is 6.61 Å². The first-order chi connectivity index (χ1) is 13.7. The van der Waals surface area contributed by atoms with E-state index in [0.29, 0.717) is 11.7 Å². The van der Waals surface area contributed by atoms with E-state index in [1.807, 2.05) is 48.5 Å². The van der Waals surface area contributed by atoms with Crippen molar-refractivity contribution in [2.45, 2.75) is 25.5 Å². The molecule has 3 fully saturated rings. The molecule has 28 heavy (non-hydrogen) atoms. The number of carbonyl (C=O) groups excluding carboxylic acids is 1. The summed E-state index contributed by atoms with van der Waals surface area (Å²) in [5, 5.41) is 13.3. The van der Waals surface area contributed by atoms with Crippen molar-refractivity contribution in [3.8, 4) is 11.1 Å². The van der Waals surface area contributed by atoms with Crippen molar-refractivity contribution >= 4 is 16.9 Å². The summed E-state index contributed by atoms with van der Waals surface area (Å²) in [7, 11) is 0. The first kappa shape index (κ1) is 17.5. The average Bonchev–Trinajstić information content (AvgIpc) is 3.18. The lowest BCUT2D eigenvalue weighted by molar-refractivity contribution is 0.0607. The first-order valence-electron chi connectivity index (χ1n) is 9.96. The second-order valence-corrected chi connectivity index (χ2v) is 7.94. The van der Waals surface area contributed by atoms with Crippen LogP contribution in [0.2, 0.25) is 0 Å². The highest BCUT2D eigenvalue weighted by Gasteiger charge is 2.35. The van der Waals surface area contributed by atoms with Gasteiger partial charge in [0, 0.05) is 18.0 Å². The molecule has 1 atom stereocenters. The second-order valence-electron chi connectivity index (χ2n) is 7.94. The maximum atomic E-state index is 12.7. The standard InChI is InChI=1S/C23H24N2O3/c26-14-15-1-3-16(4-2-15)18-5-6-21-19(11-18)12-22(28-21)23(27)24-20-13-25-9-7-17(20)8-10-25/h1-6,11-12,17,20,26H,7-10,13-14H2,(H,24,27)/t20-/m0/s1. The molecule has 0 spiro atoms. The molecule has 1 amide bonds. The summed E-state index contributed by atoms with van der Waals surface area (Å²) in [6.45, 7) is 3.30. The first-order valence-corrected chi connectivity index (χ1v) is 9.96. The summed E-state index contributed by atoms with van der Waals surface area (Å²) in [6, 6.07) is 15.8. The van der Waals surface area contributed by atoms with Crippen LogP contribution in [0.15, 0.2) is 52.9 Å². The van der Waals surface area contributed by atoms with Gasteiger partial charge in [0.2, 0.25) is 0 Å². The van der Waals surface area contributed by atoms with Crippen LogP contribution in [0.4, 0.5) is 0 Å². The van der Waals surface area contributed by atoms with Crippen LogP contribution >= 0.6 is 0 Å². The van der Waals surface area contributed by atoms with Crippen molar-refractivity contribution in [2.24, 2.45) is 5.92 Å². The topological polar surface area (TPSA) is 65.7 Å². The molecule has 4 heterocycles. The van der Waals surface area contributed by atoms with Gasteiger partial charge in [-0.2, -0.15) is 0 Å². The van der Waals surface area contributed by atoms with E-state index in [4.69, 9.17) is 4.42 Å². The molecule has 2 bridgehead atoms. The number of piperidine rings is 3. The lowest BCUT2D eigenvalue weighted by Gasteiger charge is -2.44. The van der Waals surface area contributed by atoms with Gasteiger partial charge in [0.25, 0.3) is 5.91 Å². The summed E-state index contributed by atoms with van der Waals surface area (Å²) in [6.07, 6.45) is 2.34. The van der Waals surface area contributed by atoms with E-state index in [-0.39, 0.29) is 18.6 Å². The molecular weight excluding hydrogens is 352 g/mol. The third-order valence-electron chi connectivity index (χ3n) is 6.18. The number of furan rings is 1. The van der Waals surface area contributed by atoms with Crippen LogP contribution in [-0.4, -0.2) is 41.6 Å². The zero-order valence-corrected chi connectivity index (χ0v) is 15.7. The molecule has 5 heteroatoms. The molecule has 0 unspecified atom stereocenters. The van der Waals surface area contributed by atoms with Gasteiger partial charge < -0.3 is 19.7 Å². The van der Waals surface area contributed by atoms with Gasteiger partial charge >= 0.3 is 0 Å². The average molecular weight is 376 g/mol. The SMILES string of the molecule is O=C(N[C@H]1CN2CCC1CC2)c1cc2cc(-c3ccc(CO)cc3)ccc2o1. The number of fused-ring (bicyclic) bond motifs is 4. The zero-order chi connectivity index (χ0) is 19.1. The lowest BCUT2D eigenvalue weighted by atomic mass is 9.84. The Kier molecular flexibility index (Phi) is 4.41. The largest absolute Gasteiger partial charge is 0.451 e. The second kappa shape index (κ2) is 7.08. The maximum absolute atomic E-state index is 12.7. The fraction of sp³-hybridized carbons (Fsp3) is 0.348. The molecular formula is C23H24N2O3. The highest BCUT2D eigenvalue weighted by molar-refractivity contribution is 5.97. The molecule has 1 aromatic heterocycles. The number of benzene rings is 2. The summed E-state index contributed by atoms with van der Waals surface area (Å²) < 4.78 is 5.82. The van der Waals surface area contributed by atoms with Crippen LogP contribution in [0.3, 0.4) is 0 Å². The van der Waals surface area contributed by atoms with Gasteiger partial charge in [-0.3, -0.25) is 4.79 Å². The van der Waals surface area contributed by atoms with E-state index in [1.54, 1.807) is 0 Å². The Morgan fingerprint density at radius 3 is 2.50 bits per heavy atom. The molecule has 5 nitrogen and oxygen atoms in total. The third kappa shape index (κ3) is 3.21. The molecule has 3 aliphatic rings. The van der Waals surface area contributed by atoms with Gasteiger partial charge in [-0.1, -0.05) is 30.3 Å². The summed E-state index contributed by atoms with van der Waals surface area (Å²) in [5.41, 5.74) is 3.73. The number of amides is 1. The van der Waals surface area contributed by atoms with Crippen molar-refractivity contribution in [3.05, 3.63) is 59.9 Å². The van der Waals surface area contributed by atoms with E-state index in [0.717, 1.165) is 47.3 Å². The molecule has 2 aromatic carbocycles. The van der Waals surface area contributed by atoms with Crippen LogP contribution in [0.1, 0.15) is 29.0 Å². The molecule has 0 saturated carbocycles. The summed E-state index contributed by atoms with van der Waals surface area (Å²) in [4.78, 5) is 15.2. The van der Waals surface area contributed by atoms with Crippen molar-refractivity contribution in [1.82, 2.24) is 10.2 Å². The predicted octanol–water partition coefficient (Wildman–Crippen LogP) is 3.42. The van der Waals surface area contributed by atoms with Gasteiger partial charge in [0.1, 0.15) is 5.58 Å².